The number of hydrogen-bond acceptors (Lipinski definition) is 3. The summed E-state index contributed by atoms with van der Waals surface area (Å²) >= 11 is 0. The second kappa shape index (κ2) is 8.44. The van der Waals surface area contributed by atoms with Gasteiger partial charge in [0.1, 0.15) is 0 Å². The van der Waals surface area contributed by atoms with E-state index < -0.39 is 0 Å². The summed E-state index contributed by atoms with van der Waals surface area (Å²) in [4.78, 5) is 12.8. The molecule has 0 unspecified atom stereocenters. The highest BCUT2D eigenvalue weighted by Crippen LogP contribution is 2.20. The van der Waals surface area contributed by atoms with Crippen molar-refractivity contribution >= 4 is 11.4 Å². The number of nitro groups is 1. The van der Waals surface area contributed by atoms with Crippen LogP contribution in [0.2, 0.25) is 0 Å². The predicted octanol–water partition coefficient (Wildman–Crippen LogP) is 2.59. The lowest BCUT2D eigenvalue weighted by Crippen LogP contribution is -2.39. The Labute approximate surface area is 146 Å². The largest absolute Gasteiger partial charge is 0.371 e. The third-order valence-electron chi connectivity index (χ3n) is 3.94. The smallest absolute Gasteiger partial charge is 0.269 e. The van der Waals surface area contributed by atoms with E-state index in [-0.39, 0.29) is 10.6 Å². The summed E-state index contributed by atoms with van der Waals surface area (Å²) in [6, 6.07) is 6.94. The van der Waals surface area contributed by atoms with E-state index in [1.165, 1.54) is 0 Å². The number of nitro benzene ring substituents is 1. The van der Waals surface area contributed by atoms with Crippen molar-refractivity contribution in [3.63, 3.8) is 0 Å². The maximum atomic E-state index is 10.8. The topological polar surface area (TPSA) is 46.4 Å². The molecular formula is C18H34N4O2+2. The number of quaternary nitrogens is 2. The number of anilines is 1. The van der Waals surface area contributed by atoms with E-state index in [2.05, 4.69) is 47.2 Å². The number of non-ortho nitro benzene ring substituents is 1. The van der Waals surface area contributed by atoms with Gasteiger partial charge < -0.3 is 13.9 Å². The first kappa shape index (κ1) is 20.4. The molecule has 0 aromatic heterocycles. The van der Waals surface area contributed by atoms with Gasteiger partial charge in [-0.25, -0.2) is 0 Å². The van der Waals surface area contributed by atoms with E-state index in [0.29, 0.717) is 0 Å². The number of nitrogens with zero attached hydrogens (tertiary/aromatic N) is 4. The Morgan fingerprint density at radius 3 is 1.62 bits per heavy atom. The van der Waals surface area contributed by atoms with Crippen LogP contribution in [0.1, 0.15) is 12.8 Å². The van der Waals surface area contributed by atoms with Gasteiger partial charge in [0, 0.05) is 43.8 Å². The van der Waals surface area contributed by atoms with Gasteiger partial charge in [-0.3, -0.25) is 10.1 Å². The van der Waals surface area contributed by atoms with Crippen molar-refractivity contribution in [3.8, 4) is 0 Å². The van der Waals surface area contributed by atoms with Crippen LogP contribution in [0.5, 0.6) is 0 Å². The van der Waals surface area contributed by atoms with E-state index in [0.717, 1.165) is 53.7 Å². The van der Waals surface area contributed by atoms with E-state index in [1.54, 1.807) is 12.1 Å². The SMILES string of the molecule is C[N+](C)(C)CCCN(CCC[N+](C)(C)C)c1ccc([N+](=O)[O-])cc1. The molecular weight excluding hydrogens is 304 g/mol. The van der Waals surface area contributed by atoms with Gasteiger partial charge in [0.15, 0.2) is 0 Å². The van der Waals surface area contributed by atoms with Gasteiger partial charge in [0.25, 0.3) is 5.69 Å². The predicted molar refractivity (Wildman–Crippen MR) is 100 cm³/mol. The van der Waals surface area contributed by atoms with Gasteiger partial charge in [0.2, 0.25) is 0 Å². The maximum absolute atomic E-state index is 10.8. The van der Waals surface area contributed by atoms with Crippen LogP contribution in [0.4, 0.5) is 11.4 Å². The summed E-state index contributed by atoms with van der Waals surface area (Å²) in [6.45, 7) is 4.17. The molecule has 1 aromatic carbocycles. The quantitative estimate of drug-likeness (QED) is 0.374. The zero-order chi connectivity index (χ0) is 18.4. The van der Waals surface area contributed by atoms with Gasteiger partial charge in [-0.15, -0.1) is 0 Å². The molecule has 0 bridgehead atoms. The first-order valence-corrected chi connectivity index (χ1v) is 8.58. The minimum Gasteiger partial charge on any atom is -0.371 e. The summed E-state index contributed by atoms with van der Waals surface area (Å²) in [5.74, 6) is 0. The molecule has 0 fully saturated rings. The van der Waals surface area contributed by atoms with Gasteiger partial charge in [-0.2, -0.15) is 0 Å². The van der Waals surface area contributed by atoms with Crippen molar-refractivity contribution in [3.05, 3.63) is 34.4 Å². The molecule has 0 amide bonds. The van der Waals surface area contributed by atoms with Crippen molar-refractivity contribution in [2.75, 3.05) is 73.4 Å². The van der Waals surface area contributed by atoms with Crippen LogP contribution in [0.3, 0.4) is 0 Å². The Bertz CT molecular complexity index is 495. The molecule has 0 radical (unpaired) electrons. The van der Waals surface area contributed by atoms with Crippen LogP contribution >= 0.6 is 0 Å². The standard InChI is InChI=1S/C18H34N4O2/c1-21(2,3)15-7-13-19(14-8-16-22(4,5)6)17-9-11-18(12-10-17)20(23)24/h9-12H,7-8,13-16H2,1-6H3/q+2. The molecule has 0 spiro atoms. The third-order valence-corrected chi connectivity index (χ3v) is 3.94. The number of hydrogen-bond donors (Lipinski definition) is 0. The summed E-state index contributed by atoms with van der Waals surface area (Å²) < 4.78 is 1.90. The molecule has 0 aliphatic carbocycles. The minimum atomic E-state index is -0.345. The molecule has 1 rings (SSSR count). The molecule has 0 aliphatic rings. The lowest BCUT2D eigenvalue weighted by atomic mass is 10.2. The molecule has 0 heterocycles. The molecule has 0 aliphatic heterocycles. The molecule has 6 heteroatoms. The summed E-state index contributed by atoms with van der Waals surface area (Å²) in [7, 11) is 13.2. The third kappa shape index (κ3) is 8.26. The summed E-state index contributed by atoms with van der Waals surface area (Å²) in [5, 5.41) is 10.8. The van der Waals surface area contributed by atoms with Crippen LogP contribution in [0, 0.1) is 10.1 Å². The monoisotopic (exact) mass is 338 g/mol. The fourth-order valence-corrected chi connectivity index (χ4v) is 2.63. The fourth-order valence-electron chi connectivity index (χ4n) is 2.63. The lowest BCUT2D eigenvalue weighted by molar-refractivity contribution is -0.870. The second-order valence-corrected chi connectivity index (χ2v) is 8.50. The number of benzene rings is 1. The zero-order valence-corrected chi connectivity index (χ0v) is 16.2. The molecule has 0 N–H and O–H groups in total. The van der Waals surface area contributed by atoms with Gasteiger partial charge >= 0.3 is 0 Å². The molecule has 24 heavy (non-hydrogen) atoms. The van der Waals surface area contributed by atoms with Crippen molar-refractivity contribution < 1.29 is 13.9 Å². The zero-order valence-electron chi connectivity index (χ0n) is 16.2. The van der Waals surface area contributed by atoms with Gasteiger partial charge in [-0.1, -0.05) is 0 Å². The Morgan fingerprint density at radius 2 is 1.29 bits per heavy atom. The van der Waals surface area contributed by atoms with Crippen molar-refractivity contribution in [2.24, 2.45) is 0 Å². The summed E-state index contributed by atoms with van der Waals surface area (Å²) in [5.41, 5.74) is 1.22. The Hall–Kier alpha value is -1.66. The van der Waals surface area contributed by atoms with E-state index in [4.69, 9.17) is 0 Å². The Morgan fingerprint density at radius 1 is 0.875 bits per heavy atom. The van der Waals surface area contributed by atoms with E-state index >= 15 is 0 Å². The van der Waals surface area contributed by atoms with Crippen molar-refractivity contribution in [2.45, 2.75) is 12.8 Å². The van der Waals surface area contributed by atoms with E-state index in [1.807, 2.05) is 12.1 Å². The molecule has 0 saturated heterocycles. The molecule has 0 atom stereocenters. The maximum Gasteiger partial charge on any atom is 0.269 e. The average Bonchev–Trinajstić information content (AvgIpc) is 2.43. The Kier molecular flexibility index (Phi) is 7.17. The first-order chi connectivity index (χ1) is 11.0. The highest BCUT2D eigenvalue weighted by molar-refractivity contribution is 5.50. The van der Waals surface area contributed by atoms with Crippen molar-refractivity contribution in [1.82, 2.24) is 0 Å². The van der Waals surface area contributed by atoms with Crippen LogP contribution in [-0.2, 0) is 0 Å². The molecule has 136 valence electrons. The highest BCUT2D eigenvalue weighted by Gasteiger charge is 2.14. The van der Waals surface area contributed by atoms with Gasteiger partial charge in [0.05, 0.1) is 60.3 Å². The Balaban J connectivity index is 2.73. The second-order valence-electron chi connectivity index (χ2n) is 8.50. The summed E-state index contributed by atoms with van der Waals surface area (Å²) in [6.07, 6.45) is 2.20. The van der Waals surface area contributed by atoms with Crippen LogP contribution in [0.25, 0.3) is 0 Å². The first-order valence-electron chi connectivity index (χ1n) is 8.58. The highest BCUT2D eigenvalue weighted by atomic mass is 16.6. The minimum absolute atomic E-state index is 0.149. The van der Waals surface area contributed by atoms with Crippen LogP contribution in [0.15, 0.2) is 24.3 Å². The van der Waals surface area contributed by atoms with Crippen molar-refractivity contribution in [1.29, 1.82) is 0 Å². The normalized spacial score (nSPS) is 12.2. The van der Waals surface area contributed by atoms with Gasteiger partial charge in [-0.05, 0) is 12.1 Å². The fraction of sp³-hybridized carbons (Fsp3) is 0.667. The lowest BCUT2D eigenvalue weighted by Gasteiger charge is -2.30. The molecule has 1 aromatic rings. The molecule has 6 nitrogen and oxygen atoms in total. The molecule has 0 saturated carbocycles. The van der Waals surface area contributed by atoms with Crippen LogP contribution < -0.4 is 4.90 Å². The van der Waals surface area contributed by atoms with E-state index in [9.17, 15) is 10.1 Å². The number of rotatable bonds is 10. The van der Waals surface area contributed by atoms with Crippen LogP contribution in [-0.4, -0.2) is 82.4 Å². The average molecular weight is 338 g/mol.